The van der Waals surface area contributed by atoms with Crippen molar-refractivity contribution in [1.29, 1.82) is 0 Å². The fraction of sp³-hybridized carbons (Fsp3) is 0.800. The fourth-order valence-corrected chi connectivity index (χ4v) is 0.870. The average Bonchev–Trinajstić information content (AvgIpc) is 2.14. The van der Waals surface area contributed by atoms with Crippen LogP contribution in [0.3, 0.4) is 0 Å². The Morgan fingerprint density at radius 1 is 1.20 bits per heavy atom. The van der Waals surface area contributed by atoms with E-state index in [9.17, 15) is 9.59 Å². The molecule has 0 spiro atoms. The van der Waals surface area contributed by atoms with Crippen molar-refractivity contribution in [2.24, 2.45) is 11.8 Å². The molecule has 0 aliphatic rings. The summed E-state index contributed by atoms with van der Waals surface area (Å²) in [6, 6.07) is 0. The minimum absolute atomic E-state index is 0.0960. The molecule has 3 N–H and O–H groups in total. The van der Waals surface area contributed by atoms with Gasteiger partial charge in [-0.1, -0.05) is 20.8 Å². The highest BCUT2D eigenvalue weighted by Gasteiger charge is 2.10. The van der Waals surface area contributed by atoms with Crippen LogP contribution in [-0.2, 0) is 9.59 Å². The topological polar surface area (TPSA) is 78.4 Å². The predicted molar refractivity (Wildman–Crippen MR) is 57.5 cm³/mol. The molecule has 0 radical (unpaired) electrons. The van der Waals surface area contributed by atoms with Crippen LogP contribution in [0, 0.1) is 11.8 Å². The lowest BCUT2D eigenvalue weighted by atomic mass is 10.2. The summed E-state index contributed by atoms with van der Waals surface area (Å²) in [5, 5.41) is 14.1. The Hall–Kier alpha value is -1.10. The number of amides is 1. The van der Waals surface area contributed by atoms with Crippen LogP contribution in [-0.4, -0.2) is 36.6 Å². The zero-order valence-electron chi connectivity index (χ0n) is 9.54. The van der Waals surface area contributed by atoms with Gasteiger partial charge in [0.15, 0.2) is 0 Å². The van der Waals surface area contributed by atoms with Gasteiger partial charge in [0, 0.05) is 13.1 Å². The van der Waals surface area contributed by atoms with Crippen molar-refractivity contribution in [3.05, 3.63) is 0 Å². The molecule has 0 aromatic heterocycles. The SMILES string of the molecule is CC(C)CNC(=O)CNCC(C)C(=O)O. The summed E-state index contributed by atoms with van der Waals surface area (Å²) < 4.78 is 0. The summed E-state index contributed by atoms with van der Waals surface area (Å²) in [6.45, 7) is 6.76. The Morgan fingerprint density at radius 3 is 2.27 bits per heavy atom. The summed E-state index contributed by atoms with van der Waals surface area (Å²) in [5.41, 5.74) is 0. The number of carboxylic acid groups (broad SMARTS) is 1. The van der Waals surface area contributed by atoms with Crippen molar-refractivity contribution in [2.75, 3.05) is 19.6 Å². The maximum absolute atomic E-state index is 11.2. The van der Waals surface area contributed by atoms with Crippen LogP contribution in [0.15, 0.2) is 0 Å². The van der Waals surface area contributed by atoms with E-state index in [4.69, 9.17) is 5.11 Å². The highest BCUT2D eigenvalue weighted by molar-refractivity contribution is 5.78. The number of nitrogens with one attached hydrogen (secondary N) is 2. The molecule has 0 rings (SSSR count). The first-order valence-corrected chi connectivity index (χ1v) is 5.13. The molecule has 15 heavy (non-hydrogen) atoms. The van der Waals surface area contributed by atoms with Crippen LogP contribution in [0.5, 0.6) is 0 Å². The number of rotatable bonds is 7. The van der Waals surface area contributed by atoms with E-state index in [0.29, 0.717) is 19.0 Å². The molecule has 0 aliphatic heterocycles. The molecule has 1 unspecified atom stereocenters. The lowest BCUT2D eigenvalue weighted by Crippen LogP contribution is -2.38. The molecule has 0 aromatic carbocycles. The van der Waals surface area contributed by atoms with Crippen LogP contribution in [0.25, 0.3) is 0 Å². The van der Waals surface area contributed by atoms with Gasteiger partial charge in [-0.05, 0) is 5.92 Å². The molecular formula is C10H20N2O3. The van der Waals surface area contributed by atoms with Crippen LogP contribution >= 0.6 is 0 Å². The first-order chi connectivity index (χ1) is 6.93. The van der Waals surface area contributed by atoms with E-state index in [1.807, 2.05) is 13.8 Å². The summed E-state index contributed by atoms with van der Waals surface area (Å²) in [5.74, 6) is -0.999. The molecular weight excluding hydrogens is 196 g/mol. The predicted octanol–water partition coefficient (Wildman–Crippen LogP) is 0.0689. The van der Waals surface area contributed by atoms with Crippen LogP contribution in [0.2, 0.25) is 0 Å². The second-order valence-electron chi connectivity index (χ2n) is 4.07. The Balaban J connectivity index is 3.51. The van der Waals surface area contributed by atoms with Crippen molar-refractivity contribution in [3.63, 3.8) is 0 Å². The molecule has 88 valence electrons. The highest BCUT2D eigenvalue weighted by Crippen LogP contribution is 1.90. The molecule has 0 heterocycles. The van der Waals surface area contributed by atoms with Gasteiger partial charge in [0.1, 0.15) is 0 Å². The summed E-state index contributed by atoms with van der Waals surface area (Å²) in [6.07, 6.45) is 0. The normalized spacial score (nSPS) is 12.5. The average molecular weight is 216 g/mol. The zero-order valence-corrected chi connectivity index (χ0v) is 9.54. The molecule has 0 aliphatic carbocycles. The number of hydrogen-bond acceptors (Lipinski definition) is 3. The summed E-state index contributed by atoms with van der Waals surface area (Å²) in [4.78, 5) is 21.6. The fourth-order valence-electron chi connectivity index (χ4n) is 0.870. The molecule has 0 fully saturated rings. The van der Waals surface area contributed by atoms with E-state index in [1.54, 1.807) is 6.92 Å². The Labute approximate surface area is 90.2 Å². The molecule has 0 bridgehead atoms. The monoisotopic (exact) mass is 216 g/mol. The molecule has 1 atom stereocenters. The van der Waals surface area contributed by atoms with Crippen molar-refractivity contribution in [1.82, 2.24) is 10.6 Å². The van der Waals surface area contributed by atoms with Gasteiger partial charge in [0.25, 0.3) is 0 Å². The van der Waals surface area contributed by atoms with Gasteiger partial charge in [-0.2, -0.15) is 0 Å². The quantitative estimate of drug-likeness (QED) is 0.562. The molecule has 5 nitrogen and oxygen atoms in total. The van der Waals surface area contributed by atoms with Gasteiger partial charge in [-0.25, -0.2) is 0 Å². The molecule has 0 saturated heterocycles. The van der Waals surface area contributed by atoms with Crippen molar-refractivity contribution >= 4 is 11.9 Å². The van der Waals surface area contributed by atoms with Gasteiger partial charge in [0.2, 0.25) is 5.91 Å². The molecule has 1 amide bonds. The molecule has 0 saturated carbocycles. The second-order valence-corrected chi connectivity index (χ2v) is 4.07. The minimum atomic E-state index is -0.856. The van der Waals surface area contributed by atoms with Crippen molar-refractivity contribution in [3.8, 4) is 0 Å². The van der Waals surface area contributed by atoms with Gasteiger partial charge in [-0.15, -0.1) is 0 Å². The van der Waals surface area contributed by atoms with Crippen LogP contribution in [0.1, 0.15) is 20.8 Å². The van der Waals surface area contributed by atoms with Crippen molar-refractivity contribution in [2.45, 2.75) is 20.8 Å². The van der Waals surface area contributed by atoms with Gasteiger partial charge in [0.05, 0.1) is 12.5 Å². The van der Waals surface area contributed by atoms with Crippen molar-refractivity contribution < 1.29 is 14.7 Å². The van der Waals surface area contributed by atoms with E-state index in [1.165, 1.54) is 0 Å². The third-order valence-electron chi connectivity index (χ3n) is 1.87. The smallest absolute Gasteiger partial charge is 0.307 e. The molecule has 5 heteroatoms. The third-order valence-corrected chi connectivity index (χ3v) is 1.87. The zero-order chi connectivity index (χ0) is 11.8. The standard InChI is InChI=1S/C10H20N2O3/c1-7(2)4-12-9(13)6-11-5-8(3)10(14)15/h7-8,11H,4-6H2,1-3H3,(H,12,13)(H,14,15). The Morgan fingerprint density at radius 2 is 1.80 bits per heavy atom. The number of aliphatic carboxylic acids is 1. The van der Waals surface area contributed by atoms with E-state index >= 15 is 0 Å². The number of carboxylic acids is 1. The van der Waals surface area contributed by atoms with Gasteiger partial charge >= 0.3 is 5.97 Å². The largest absolute Gasteiger partial charge is 0.481 e. The number of carbonyl (C=O) groups excluding carboxylic acids is 1. The third kappa shape index (κ3) is 7.93. The van der Waals surface area contributed by atoms with Crippen LogP contribution < -0.4 is 10.6 Å². The summed E-state index contributed by atoms with van der Waals surface area (Å²) in [7, 11) is 0. The first kappa shape index (κ1) is 13.9. The van der Waals surface area contributed by atoms with E-state index in [0.717, 1.165) is 0 Å². The maximum atomic E-state index is 11.2. The lowest BCUT2D eigenvalue weighted by molar-refractivity contribution is -0.141. The van der Waals surface area contributed by atoms with E-state index < -0.39 is 11.9 Å². The number of carbonyl (C=O) groups is 2. The van der Waals surface area contributed by atoms with E-state index in [-0.39, 0.29) is 12.5 Å². The Kier molecular flexibility index (Phi) is 6.70. The lowest BCUT2D eigenvalue weighted by Gasteiger charge is -2.10. The first-order valence-electron chi connectivity index (χ1n) is 5.13. The van der Waals surface area contributed by atoms with Gasteiger partial charge < -0.3 is 15.7 Å². The van der Waals surface area contributed by atoms with E-state index in [2.05, 4.69) is 10.6 Å². The summed E-state index contributed by atoms with van der Waals surface area (Å²) >= 11 is 0. The second kappa shape index (κ2) is 7.23. The van der Waals surface area contributed by atoms with Crippen LogP contribution in [0.4, 0.5) is 0 Å². The Bertz CT molecular complexity index is 217. The number of hydrogen-bond donors (Lipinski definition) is 3. The molecule has 0 aromatic rings. The van der Waals surface area contributed by atoms with Gasteiger partial charge in [-0.3, -0.25) is 9.59 Å². The minimum Gasteiger partial charge on any atom is -0.481 e. The highest BCUT2D eigenvalue weighted by atomic mass is 16.4. The maximum Gasteiger partial charge on any atom is 0.307 e.